The van der Waals surface area contributed by atoms with Gasteiger partial charge in [0.2, 0.25) is 18.6 Å². The zero-order valence-electron chi connectivity index (χ0n) is 18.7. The van der Waals surface area contributed by atoms with Crippen LogP contribution in [-0.2, 0) is 32.0 Å². The van der Waals surface area contributed by atoms with Gasteiger partial charge in [0.1, 0.15) is 29.0 Å². The Labute approximate surface area is 191 Å². The van der Waals surface area contributed by atoms with Crippen LogP contribution in [0.2, 0.25) is 0 Å². The number of aliphatic imine (C=N–C) groups is 1. The number of pyridine rings is 1. The molecule has 33 heavy (non-hydrogen) atoms. The van der Waals surface area contributed by atoms with Crippen LogP contribution in [0.5, 0.6) is 0 Å². The number of halogens is 1. The van der Waals surface area contributed by atoms with E-state index in [4.69, 9.17) is 19.7 Å². The van der Waals surface area contributed by atoms with Gasteiger partial charge >= 0.3 is 0 Å². The van der Waals surface area contributed by atoms with Crippen LogP contribution in [0, 0.1) is 11.3 Å². The van der Waals surface area contributed by atoms with E-state index in [0.29, 0.717) is 37.6 Å². The van der Waals surface area contributed by atoms with Crippen LogP contribution < -0.4 is 4.90 Å². The van der Waals surface area contributed by atoms with E-state index >= 15 is 0 Å². The SMILES string of the molecule is COC(OC)c1nc2c(cc1CN1CCCC1=O)CCCN2/C=C/C(F)=C(/C#N)C=NC=O. The zero-order valence-corrected chi connectivity index (χ0v) is 18.7. The molecule has 0 aliphatic carbocycles. The Kier molecular flexibility index (Phi) is 8.40. The maximum absolute atomic E-state index is 14.4. The van der Waals surface area contributed by atoms with Gasteiger partial charge in [-0.3, -0.25) is 9.59 Å². The monoisotopic (exact) mass is 455 g/mol. The fourth-order valence-electron chi connectivity index (χ4n) is 3.95. The highest BCUT2D eigenvalue weighted by atomic mass is 19.1. The first-order valence-electron chi connectivity index (χ1n) is 10.6. The molecule has 1 aromatic heterocycles. The lowest BCUT2D eigenvalue weighted by molar-refractivity contribution is -0.128. The number of aryl methyl sites for hydroxylation is 1. The van der Waals surface area contributed by atoms with Gasteiger partial charge in [-0.05, 0) is 42.5 Å². The minimum atomic E-state index is -0.814. The summed E-state index contributed by atoms with van der Waals surface area (Å²) in [5.74, 6) is -0.0643. The molecule has 0 unspecified atom stereocenters. The first kappa shape index (κ1) is 24.2. The predicted molar refractivity (Wildman–Crippen MR) is 119 cm³/mol. The first-order valence-corrected chi connectivity index (χ1v) is 10.6. The molecule has 0 aromatic carbocycles. The first-order chi connectivity index (χ1) is 16.0. The summed E-state index contributed by atoms with van der Waals surface area (Å²) in [6.07, 6.45) is 6.03. The molecule has 0 N–H and O–H groups in total. The molecular formula is C23H26FN5O4. The second-order valence-electron chi connectivity index (χ2n) is 7.61. The van der Waals surface area contributed by atoms with Gasteiger partial charge in [0.25, 0.3) is 0 Å². The lowest BCUT2D eigenvalue weighted by Crippen LogP contribution is -2.29. The Morgan fingerprint density at radius 3 is 2.73 bits per heavy atom. The number of anilines is 1. The molecule has 2 amide bonds. The lowest BCUT2D eigenvalue weighted by Gasteiger charge is -2.30. The summed E-state index contributed by atoms with van der Waals surface area (Å²) < 4.78 is 25.3. The summed E-state index contributed by atoms with van der Waals surface area (Å²) in [7, 11) is 3.03. The molecule has 10 heteroatoms. The Morgan fingerprint density at radius 1 is 1.33 bits per heavy atom. The summed E-state index contributed by atoms with van der Waals surface area (Å²) in [6.45, 7) is 1.73. The van der Waals surface area contributed by atoms with E-state index in [9.17, 15) is 14.0 Å². The number of hydrogen-bond donors (Lipinski definition) is 0. The number of hydrogen-bond acceptors (Lipinski definition) is 7. The van der Waals surface area contributed by atoms with Crippen molar-refractivity contribution in [3.8, 4) is 6.07 Å². The van der Waals surface area contributed by atoms with Gasteiger partial charge in [-0.1, -0.05) is 0 Å². The lowest BCUT2D eigenvalue weighted by atomic mass is 10.0. The topological polar surface area (TPSA) is 108 Å². The van der Waals surface area contributed by atoms with Crippen LogP contribution in [-0.4, -0.2) is 55.7 Å². The number of allylic oxidation sites excluding steroid dienone is 3. The average molecular weight is 455 g/mol. The Morgan fingerprint density at radius 2 is 2.09 bits per heavy atom. The van der Waals surface area contributed by atoms with Crippen molar-refractivity contribution < 1.29 is 23.5 Å². The molecule has 1 aromatic rings. The molecule has 1 saturated heterocycles. The van der Waals surface area contributed by atoms with Gasteiger partial charge in [-0.25, -0.2) is 14.4 Å². The van der Waals surface area contributed by atoms with Gasteiger partial charge in [0.15, 0.2) is 0 Å². The average Bonchev–Trinajstić information content (AvgIpc) is 3.23. The highest BCUT2D eigenvalue weighted by molar-refractivity contribution is 5.89. The molecule has 3 rings (SSSR count). The summed E-state index contributed by atoms with van der Waals surface area (Å²) in [5.41, 5.74) is 2.03. The maximum atomic E-state index is 14.4. The third-order valence-electron chi connectivity index (χ3n) is 5.54. The van der Waals surface area contributed by atoms with Crippen LogP contribution in [0.15, 0.2) is 34.7 Å². The predicted octanol–water partition coefficient (Wildman–Crippen LogP) is 2.74. The normalized spacial score (nSPS) is 17.1. The quantitative estimate of drug-likeness (QED) is 0.185. The molecule has 1 fully saturated rings. The molecular weight excluding hydrogens is 429 g/mol. The molecule has 9 nitrogen and oxygen atoms in total. The van der Waals surface area contributed by atoms with E-state index in [2.05, 4.69) is 4.99 Å². The van der Waals surface area contributed by atoms with Gasteiger partial charge in [-0.2, -0.15) is 5.26 Å². The summed E-state index contributed by atoms with van der Waals surface area (Å²) in [4.78, 5) is 34.2. The number of ether oxygens (including phenoxy) is 2. The highest BCUT2D eigenvalue weighted by Gasteiger charge is 2.27. The fourth-order valence-corrected chi connectivity index (χ4v) is 3.95. The standard InChI is InChI=1S/C23H26FN5O4/c1-32-23(33-2)21-17(14-29-9-4-6-20(29)31)11-16-5-3-8-28(22(16)27-21)10-7-19(24)18(12-25)13-26-15-30/h7,10-11,13,15,23H,3-6,8-9,14H2,1-2H3/b10-7+,19-18+,26-13?. The van der Waals surface area contributed by atoms with Crippen molar-refractivity contribution >= 4 is 24.3 Å². The number of amides is 2. The fraction of sp³-hybridized carbons (Fsp3) is 0.435. The van der Waals surface area contributed by atoms with Gasteiger partial charge in [-0.15, -0.1) is 0 Å². The Balaban J connectivity index is 1.97. The van der Waals surface area contributed by atoms with E-state index in [0.717, 1.165) is 42.7 Å². The number of nitriles is 1. The van der Waals surface area contributed by atoms with Crippen molar-refractivity contribution in [2.24, 2.45) is 4.99 Å². The minimum Gasteiger partial charge on any atom is -0.350 e. The number of carbonyl (C=O) groups is 2. The third-order valence-corrected chi connectivity index (χ3v) is 5.54. The second kappa shape index (κ2) is 11.4. The van der Waals surface area contributed by atoms with Crippen LogP contribution in [0.4, 0.5) is 10.2 Å². The van der Waals surface area contributed by atoms with Gasteiger partial charge in [0.05, 0.1) is 6.21 Å². The van der Waals surface area contributed by atoms with Crippen LogP contribution in [0.1, 0.15) is 42.4 Å². The van der Waals surface area contributed by atoms with Crippen molar-refractivity contribution in [2.75, 3.05) is 32.2 Å². The van der Waals surface area contributed by atoms with E-state index in [1.165, 1.54) is 20.4 Å². The van der Waals surface area contributed by atoms with Gasteiger partial charge < -0.3 is 19.3 Å². The minimum absolute atomic E-state index is 0.114. The van der Waals surface area contributed by atoms with E-state index < -0.39 is 12.1 Å². The van der Waals surface area contributed by atoms with E-state index in [1.807, 2.05) is 6.07 Å². The zero-order chi connectivity index (χ0) is 23.8. The molecule has 2 aliphatic rings. The molecule has 0 radical (unpaired) electrons. The van der Waals surface area contributed by atoms with Crippen LogP contribution in [0.3, 0.4) is 0 Å². The number of methoxy groups -OCH3 is 2. The largest absolute Gasteiger partial charge is 0.350 e. The van der Waals surface area contributed by atoms with E-state index in [1.54, 1.807) is 15.9 Å². The van der Waals surface area contributed by atoms with E-state index in [-0.39, 0.29) is 17.9 Å². The van der Waals surface area contributed by atoms with Crippen LogP contribution in [0.25, 0.3) is 0 Å². The number of carbonyl (C=O) groups excluding carboxylic acids is 2. The Bertz CT molecular complexity index is 1030. The van der Waals surface area contributed by atoms with Crippen LogP contribution >= 0.6 is 0 Å². The molecule has 0 bridgehead atoms. The second-order valence-corrected chi connectivity index (χ2v) is 7.61. The number of aromatic nitrogens is 1. The molecule has 174 valence electrons. The summed E-state index contributed by atoms with van der Waals surface area (Å²) >= 11 is 0. The molecule has 3 heterocycles. The van der Waals surface area contributed by atoms with Gasteiger partial charge in [0, 0.05) is 46.5 Å². The summed E-state index contributed by atoms with van der Waals surface area (Å²) in [6, 6.07) is 3.69. The van der Waals surface area contributed by atoms with Crippen molar-refractivity contribution in [3.05, 3.63) is 46.6 Å². The third kappa shape index (κ3) is 5.69. The van der Waals surface area contributed by atoms with Crippen molar-refractivity contribution in [1.29, 1.82) is 5.26 Å². The Hall–Kier alpha value is -3.42. The summed E-state index contributed by atoms with van der Waals surface area (Å²) in [5, 5.41) is 9.07. The van der Waals surface area contributed by atoms with Crippen molar-refractivity contribution in [1.82, 2.24) is 9.88 Å². The number of nitrogens with zero attached hydrogens (tertiary/aromatic N) is 5. The molecule has 0 atom stereocenters. The number of rotatable bonds is 9. The maximum Gasteiger partial charge on any atom is 0.232 e. The number of likely N-dealkylation sites (tertiary alicyclic amines) is 1. The van der Waals surface area contributed by atoms with Crippen molar-refractivity contribution in [3.63, 3.8) is 0 Å². The molecule has 0 saturated carbocycles. The molecule has 2 aliphatic heterocycles. The van der Waals surface area contributed by atoms with Crippen molar-refractivity contribution in [2.45, 2.75) is 38.5 Å². The number of fused-ring (bicyclic) bond motifs is 1. The smallest absolute Gasteiger partial charge is 0.232 e. The molecule has 0 spiro atoms. The highest BCUT2D eigenvalue weighted by Crippen LogP contribution is 2.32.